The smallest absolute Gasteiger partial charge is 0.257 e. The van der Waals surface area contributed by atoms with E-state index in [0.717, 1.165) is 11.1 Å². The zero-order chi connectivity index (χ0) is 19.8. The number of rotatable bonds is 7. The first-order valence-corrected chi connectivity index (χ1v) is 9.23. The first-order chi connectivity index (χ1) is 13.6. The maximum Gasteiger partial charge on any atom is 0.257 e. The van der Waals surface area contributed by atoms with Gasteiger partial charge in [-0.25, -0.2) is 0 Å². The van der Waals surface area contributed by atoms with Crippen molar-refractivity contribution in [3.05, 3.63) is 95.3 Å². The van der Waals surface area contributed by atoms with E-state index in [1.54, 1.807) is 18.3 Å². The van der Waals surface area contributed by atoms with E-state index in [2.05, 4.69) is 27.8 Å². The van der Waals surface area contributed by atoms with E-state index in [4.69, 9.17) is 0 Å². The molecule has 0 unspecified atom stereocenters. The van der Waals surface area contributed by atoms with Gasteiger partial charge in [-0.2, -0.15) is 0 Å². The first kappa shape index (κ1) is 19.3. The molecule has 2 N–H and O–H groups in total. The van der Waals surface area contributed by atoms with Crippen molar-refractivity contribution in [1.82, 2.24) is 10.3 Å². The number of nitrogens with zero attached hydrogens (tertiary/aromatic N) is 1. The number of para-hydroxylation sites is 1. The van der Waals surface area contributed by atoms with Crippen molar-refractivity contribution in [3.8, 4) is 0 Å². The molecule has 0 radical (unpaired) electrons. The number of amides is 2. The second-order valence-corrected chi connectivity index (χ2v) is 6.62. The van der Waals surface area contributed by atoms with Gasteiger partial charge < -0.3 is 10.6 Å². The van der Waals surface area contributed by atoms with Crippen LogP contribution in [0, 0.1) is 6.92 Å². The Labute approximate surface area is 164 Å². The highest BCUT2D eigenvalue weighted by Crippen LogP contribution is 2.16. The van der Waals surface area contributed by atoms with Crippen LogP contribution in [0.2, 0.25) is 0 Å². The molecule has 5 heteroatoms. The molecular weight excluding hydrogens is 350 g/mol. The van der Waals surface area contributed by atoms with Crippen LogP contribution in [0.4, 0.5) is 5.69 Å². The van der Waals surface area contributed by atoms with Crippen LogP contribution in [0.15, 0.2) is 73.1 Å². The van der Waals surface area contributed by atoms with Crippen LogP contribution >= 0.6 is 0 Å². The predicted molar refractivity (Wildman–Crippen MR) is 110 cm³/mol. The molecule has 0 aliphatic rings. The quantitative estimate of drug-likeness (QED) is 0.660. The summed E-state index contributed by atoms with van der Waals surface area (Å²) < 4.78 is 0. The molecule has 0 saturated heterocycles. The highest BCUT2D eigenvalue weighted by atomic mass is 16.2. The van der Waals surface area contributed by atoms with E-state index in [1.165, 1.54) is 11.8 Å². The number of anilines is 1. The molecule has 2 amide bonds. The number of nitrogens with one attached hydrogen (secondary N) is 2. The van der Waals surface area contributed by atoms with Crippen LogP contribution < -0.4 is 10.6 Å². The molecule has 0 fully saturated rings. The maximum absolute atomic E-state index is 12.3. The first-order valence-electron chi connectivity index (χ1n) is 9.23. The molecular formula is C23H23N3O2. The number of benzene rings is 2. The summed E-state index contributed by atoms with van der Waals surface area (Å²) in [4.78, 5) is 28.5. The van der Waals surface area contributed by atoms with Crippen molar-refractivity contribution in [3.63, 3.8) is 0 Å². The number of carbonyl (C=O) groups is 2. The SMILES string of the molecule is Cc1ccc(CCC(=O)NCc2ccccc2NC(=O)c2cccnc2)cc1. The van der Waals surface area contributed by atoms with Gasteiger partial charge in [-0.1, -0.05) is 48.0 Å². The summed E-state index contributed by atoms with van der Waals surface area (Å²) in [6.45, 7) is 2.40. The third-order valence-corrected chi connectivity index (χ3v) is 4.43. The zero-order valence-corrected chi connectivity index (χ0v) is 15.8. The Morgan fingerprint density at radius 3 is 2.50 bits per heavy atom. The number of hydrogen-bond acceptors (Lipinski definition) is 3. The molecule has 0 saturated carbocycles. The monoisotopic (exact) mass is 373 g/mol. The van der Waals surface area contributed by atoms with Crippen LogP contribution in [0.3, 0.4) is 0 Å². The van der Waals surface area contributed by atoms with Gasteiger partial charge in [-0.15, -0.1) is 0 Å². The van der Waals surface area contributed by atoms with Crippen molar-refractivity contribution in [1.29, 1.82) is 0 Å². The number of aryl methyl sites for hydroxylation is 2. The molecule has 0 atom stereocenters. The lowest BCUT2D eigenvalue weighted by Gasteiger charge is -2.12. The van der Waals surface area contributed by atoms with E-state index < -0.39 is 0 Å². The summed E-state index contributed by atoms with van der Waals surface area (Å²) >= 11 is 0. The van der Waals surface area contributed by atoms with Gasteiger partial charge in [0.25, 0.3) is 5.91 Å². The Hall–Kier alpha value is -3.47. The molecule has 0 bridgehead atoms. The minimum atomic E-state index is -0.230. The molecule has 0 aliphatic heterocycles. The van der Waals surface area contributed by atoms with Crippen LogP contribution in [0.25, 0.3) is 0 Å². The highest BCUT2D eigenvalue weighted by Gasteiger charge is 2.10. The van der Waals surface area contributed by atoms with Crippen molar-refractivity contribution in [2.45, 2.75) is 26.3 Å². The Balaban J connectivity index is 1.55. The standard InChI is InChI=1S/C23H23N3O2/c1-17-8-10-18(11-9-17)12-13-22(27)25-16-19-5-2-3-7-21(19)26-23(28)20-6-4-14-24-15-20/h2-11,14-15H,12-13,16H2,1H3,(H,25,27)(H,26,28). The van der Waals surface area contributed by atoms with Crippen molar-refractivity contribution < 1.29 is 9.59 Å². The molecule has 1 heterocycles. The second kappa shape index (κ2) is 9.46. The molecule has 0 spiro atoms. The van der Waals surface area contributed by atoms with Crippen molar-refractivity contribution in [2.24, 2.45) is 0 Å². The summed E-state index contributed by atoms with van der Waals surface area (Å²) in [5.41, 5.74) is 4.36. The Morgan fingerprint density at radius 1 is 0.964 bits per heavy atom. The van der Waals surface area contributed by atoms with E-state index in [9.17, 15) is 9.59 Å². The third kappa shape index (κ3) is 5.51. The third-order valence-electron chi connectivity index (χ3n) is 4.43. The normalized spacial score (nSPS) is 10.3. The lowest BCUT2D eigenvalue weighted by Crippen LogP contribution is -2.24. The number of carbonyl (C=O) groups excluding carboxylic acids is 2. The van der Waals surface area contributed by atoms with E-state index in [-0.39, 0.29) is 11.8 Å². The average molecular weight is 373 g/mol. The lowest BCUT2D eigenvalue weighted by molar-refractivity contribution is -0.121. The van der Waals surface area contributed by atoms with Crippen molar-refractivity contribution >= 4 is 17.5 Å². The van der Waals surface area contributed by atoms with Gasteiger partial charge in [-0.3, -0.25) is 14.6 Å². The summed E-state index contributed by atoms with van der Waals surface area (Å²) in [6.07, 6.45) is 4.26. The van der Waals surface area contributed by atoms with Gasteiger partial charge in [0.2, 0.25) is 5.91 Å². The van der Waals surface area contributed by atoms with Gasteiger partial charge >= 0.3 is 0 Å². The summed E-state index contributed by atoms with van der Waals surface area (Å²) in [5.74, 6) is -0.250. The maximum atomic E-state index is 12.3. The predicted octanol–water partition coefficient (Wildman–Crippen LogP) is 3.89. The number of hydrogen-bond donors (Lipinski definition) is 2. The van der Waals surface area contributed by atoms with E-state index in [1.807, 2.05) is 43.3 Å². The summed E-state index contributed by atoms with van der Waals surface area (Å²) in [5, 5.41) is 5.81. The van der Waals surface area contributed by atoms with Crippen LogP contribution in [-0.4, -0.2) is 16.8 Å². The number of pyridine rings is 1. The molecule has 28 heavy (non-hydrogen) atoms. The fraction of sp³-hybridized carbons (Fsp3) is 0.174. The minimum Gasteiger partial charge on any atom is -0.352 e. The minimum absolute atomic E-state index is 0.0195. The van der Waals surface area contributed by atoms with Crippen LogP contribution in [0.5, 0.6) is 0 Å². The fourth-order valence-electron chi connectivity index (χ4n) is 2.78. The van der Waals surface area contributed by atoms with Gasteiger partial charge in [0.1, 0.15) is 0 Å². The van der Waals surface area contributed by atoms with Gasteiger partial charge in [0.15, 0.2) is 0 Å². The molecule has 142 valence electrons. The van der Waals surface area contributed by atoms with Gasteiger partial charge in [0, 0.05) is 31.0 Å². The second-order valence-electron chi connectivity index (χ2n) is 6.62. The van der Waals surface area contributed by atoms with Gasteiger partial charge in [-0.05, 0) is 42.7 Å². The average Bonchev–Trinajstić information content (AvgIpc) is 2.73. The molecule has 2 aromatic carbocycles. The zero-order valence-electron chi connectivity index (χ0n) is 15.8. The van der Waals surface area contributed by atoms with Crippen LogP contribution in [0.1, 0.15) is 33.5 Å². The Morgan fingerprint density at radius 2 is 1.75 bits per heavy atom. The van der Waals surface area contributed by atoms with Crippen molar-refractivity contribution in [2.75, 3.05) is 5.32 Å². The van der Waals surface area contributed by atoms with E-state index in [0.29, 0.717) is 30.6 Å². The summed E-state index contributed by atoms with van der Waals surface area (Å²) in [6, 6.07) is 19.1. The largest absolute Gasteiger partial charge is 0.352 e. The molecule has 5 nitrogen and oxygen atoms in total. The van der Waals surface area contributed by atoms with Gasteiger partial charge in [0.05, 0.1) is 5.56 Å². The molecule has 3 aromatic rings. The topological polar surface area (TPSA) is 71.1 Å². The Bertz CT molecular complexity index is 938. The van der Waals surface area contributed by atoms with E-state index >= 15 is 0 Å². The summed E-state index contributed by atoms with van der Waals surface area (Å²) in [7, 11) is 0. The molecule has 0 aliphatic carbocycles. The molecule has 1 aromatic heterocycles. The lowest BCUT2D eigenvalue weighted by atomic mass is 10.1. The highest BCUT2D eigenvalue weighted by molar-refractivity contribution is 6.04. The fourth-order valence-corrected chi connectivity index (χ4v) is 2.78. The van der Waals surface area contributed by atoms with Crippen LogP contribution in [-0.2, 0) is 17.8 Å². The number of aromatic nitrogens is 1. The molecule has 3 rings (SSSR count). The Kier molecular flexibility index (Phi) is 6.52.